The number of ether oxygens (including phenoxy) is 1. The average Bonchev–Trinajstić information content (AvgIpc) is 2.40. The van der Waals surface area contributed by atoms with Crippen LogP contribution in [0, 0.1) is 0 Å². The molecule has 1 aliphatic heterocycles. The van der Waals surface area contributed by atoms with Crippen LogP contribution in [0.25, 0.3) is 0 Å². The molecule has 1 saturated heterocycles. The Labute approximate surface area is 105 Å². The van der Waals surface area contributed by atoms with Gasteiger partial charge in [0.15, 0.2) is 0 Å². The molecule has 3 nitrogen and oxygen atoms in total. The zero-order valence-electron chi connectivity index (χ0n) is 10.1. The fourth-order valence-corrected chi connectivity index (χ4v) is 1.98. The van der Waals surface area contributed by atoms with Crippen molar-refractivity contribution in [2.45, 2.75) is 19.1 Å². The maximum absolute atomic E-state index is 12.3. The van der Waals surface area contributed by atoms with Gasteiger partial charge in [0, 0.05) is 19.6 Å². The Morgan fingerprint density at radius 2 is 1.78 bits per heavy atom. The van der Waals surface area contributed by atoms with E-state index in [9.17, 15) is 13.9 Å². The first-order valence-corrected chi connectivity index (χ1v) is 6.02. The number of alkyl halides is 2. The molecular formula is C13H17F2NO2. The summed E-state index contributed by atoms with van der Waals surface area (Å²) in [5.41, 5.74) is 1.32. The smallest absolute Gasteiger partial charge is 0.268 e. The Balaban J connectivity index is 1.94. The lowest BCUT2D eigenvalue weighted by Gasteiger charge is -2.26. The van der Waals surface area contributed by atoms with Crippen LogP contribution in [0.1, 0.15) is 17.2 Å². The van der Waals surface area contributed by atoms with E-state index in [2.05, 4.69) is 4.90 Å². The zero-order valence-corrected chi connectivity index (χ0v) is 10.1. The van der Waals surface area contributed by atoms with Gasteiger partial charge in [0.05, 0.1) is 13.2 Å². The molecule has 0 saturated carbocycles. The highest BCUT2D eigenvalue weighted by molar-refractivity contribution is 5.24. The van der Waals surface area contributed by atoms with Crippen LogP contribution in [0.4, 0.5) is 8.78 Å². The number of aliphatic hydroxyl groups is 1. The van der Waals surface area contributed by atoms with Crippen LogP contribution in [0.5, 0.6) is 0 Å². The predicted molar refractivity (Wildman–Crippen MR) is 63.5 cm³/mol. The summed E-state index contributed by atoms with van der Waals surface area (Å²) in [6, 6.07) is 6.70. The highest BCUT2D eigenvalue weighted by atomic mass is 19.3. The van der Waals surface area contributed by atoms with Gasteiger partial charge in [-0.2, -0.15) is 0 Å². The van der Waals surface area contributed by atoms with E-state index in [0.717, 1.165) is 38.4 Å². The summed E-state index contributed by atoms with van der Waals surface area (Å²) in [5, 5.41) is 9.23. The number of hydrogen-bond donors (Lipinski definition) is 1. The monoisotopic (exact) mass is 257 g/mol. The van der Waals surface area contributed by atoms with Gasteiger partial charge in [-0.05, 0) is 11.1 Å². The number of rotatable bonds is 4. The minimum absolute atomic E-state index is 0.260. The molecule has 5 heteroatoms. The quantitative estimate of drug-likeness (QED) is 0.893. The minimum Gasteiger partial charge on any atom is -0.382 e. The largest absolute Gasteiger partial charge is 0.382 e. The third kappa shape index (κ3) is 3.48. The third-order valence-corrected chi connectivity index (χ3v) is 3.07. The highest BCUT2D eigenvalue weighted by Gasteiger charge is 2.18. The van der Waals surface area contributed by atoms with E-state index in [4.69, 9.17) is 4.74 Å². The van der Waals surface area contributed by atoms with Crippen molar-refractivity contribution in [3.05, 3.63) is 35.4 Å². The second-order valence-corrected chi connectivity index (χ2v) is 4.41. The topological polar surface area (TPSA) is 32.7 Å². The molecule has 2 rings (SSSR count). The SMILES string of the molecule is OC(c1ccc(CN2CCOCC2)cc1)C(F)F. The summed E-state index contributed by atoms with van der Waals surface area (Å²) in [7, 11) is 0. The molecule has 1 aromatic rings. The van der Waals surface area contributed by atoms with Crippen LogP contribution < -0.4 is 0 Å². The van der Waals surface area contributed by atoms with Gasteiger partial charge < -0.3 is 9.84 Å². The van der Waals surface area contributed by atoms with Crippen molar-refractivity contribution in [2.75, 3.05) is 26.3 Å². The predicted octanol–water partition coefficient (Wildman–Crippen LogP) is 1.82. The molecule has 0 aliphatic carbocycles. The lowest BCUT2D eigenvalue weighted by molar-refractivity contribution is -0.00580. The van der Waals surface area contributed by atoms with Crippen LogP contribution in [0.15, 0.2) is 24.3 Å². The number of nitrogens with zero attached hydrogens (tertiary/aromatic N) is 1. The van der Waals surface area contributed by atoms with Crippen molar-refractivity contribution in [1.29, 1.82) is 0 Å². The number of hydrogen-bond acceptors (Lipinski definition) is 3. The number of halogens is 2. The maximum atomic E-state index is 12.3. The molecule has 1 N–H and O–H groups in total. The lowest BCUT2D eigenvalue weighted by Crippen LogP contribution is -2.35. The molecule has 0 bridgehead atoms. The number of benzene rings is 1. The second-order valence-electron chi connectivity index (χ2n) is 4.41. The number of aliphatic hydroxyl groups excluding tert-OH is 1. The van der Waals surface area contributed by atoms with Crippen molar-refractivity contribution < 1.29 is 18.6 Å². The highest BCUT2D eigenvalue weighted by Crippen LogP contribution is 2.21. The van der Waals surface area contributed by atoms with Crippen molar-refractivity contribution in [3.8, 4) is 0 Å². The van der Waals surface area contributed by atoms with E-state index in [-0.39, 0.29) is 5.56 Å². The normalized spacial score (nSPS) is 19.1. The van der Waals surface area contributed by atoms with Gasteiger partial charge in [0.25, 0.3) is 6.43 Å². The summed E-state index contributed by atoms with van der Waals surface area (Å²) >= 11 is 0. The first-order valence-electron chi connectivity index (χ1n) is 6.02. The fraction of sp³-hybridized carbons (Fsp3) is 0.538. The summed E-state index contributed by atoms with van der Waals surface area (Å²) in [5.74, 6) is 0. The maximum Gasteiger partial charge on any atom is 0.268 e. The molecule has 0 spiro atoms. The van der Waals surface area contributed by atoms with E-state index in [0.29, 0.717) is 0 Å². The van der Waals surface area contributed by atoms with Crippen molar-refractivity contribution in [3.63, 3.8) is 0 Å². The van der Waals surface area contributed by atoms with Crippen molar-refractivity contribution in [2.24, 2.45) is 0 Å². The van der Waals surface area contributed by atoms with E-state index in [1.165, 1.54) is 0 Å². The molecular weight excluding hydrogens is 240 g/mol. The molecule has 1 aromatic carbocycles. The van der Waals surface area contributed by atoms with Gasteiger partial charge in [-0.1, -0.05) is 24.3 Å². The molecule has 1 aliphatic rings. The third-order valence-electron chi connectivity index (χ3n) is 3.07. The fourth-order valence-electron chi connectivity index (χ4n) is 1.98. The van der Waals surface area contributed by atoms with Gasteiger partial charge in [0.1, 0.15) is 6.10 Å². The van der Waals surface area contributed by atoms with Crippen molar-refractivity contribution >= 4 is 0 Å². The molecule has 18 heavy (non-hydrogen) atoms. The summed E-state index contributed by atoms with van der Waals surface area (Å²) in [6.07, 6.45) is -4.43. The van der Waals surface area contributed by atoms with Crippen LogP contribution in [0.3, 0.4) is 0 Å². The number of morpholine rings is 1. The zero-order chi connectivity index (χ0) is 13.0. The molecule has 0 radical (unpaired) electrons. The van der Waals surface area contributed by atoms with Crippen LogP contribution in [0.2, 0.25) is 0 Å². The lowest BCUT2D eigenvalue weighted by atomic mass is 10.1. The van der Waals surface area contributed by atoms with Crippen LogP contribution in [-0.4, -0.2) is 42.7 Å². The molecule has 1 unspecified atom stereocenters. The summed E-state index contributed by atoms with van der Waals surface area (Å²) in [6.45, 7) is 4.04. The van der Waals surface area contributed by atoms with Crippen LogP contribution in [-0.2, 0) is 11.3 Å². The van der Waals surface area contributed by atoms with Gasteiger partial charge in [-0.15, -0.1) is 0 Å². The molecule has 1 heterocycles. The standard InChI is InChI=1S/C13H17F2NO2/c14-13(15)12(17)11-3-1-10(2-4-11)9-16-5-7-18-8-6-16/h1-4,12-13,17H,5-9H2. The first kappa shape index (κ1) is 13.4. The summed E-state index contributed by atoms with van der Waals surface area (Å²) < 4.78 is 29.9. The average molecular weight is 257 g/mol. The molecule has 100 valence electrons. The van der Waals surface area contributed by atoms with E-state index >= 15 is 0 Å². The Bertz CT molecular complexity index is 364. The van der Waals surface area contributed by atoms with Crippen LogP contribution >= 0.6 is 0 Å². The van der Waals surface area contributed by atoms with Gasteiger partial charge in [-0.25, -0.2) is 8.78 Å². The Morgan fingerprint density at radius 1 is 1.17 bits per heavy atom. The minimum atomic E-state index is -2.74. The van der Waals surface area contributed by atoms with E-state index in [1.54, 1.807) is 24.3 Å². The second kappa shape index (κ2) is 6.22. The molecule has 1 fully saturated rings. The van der Waals surface area contributed by atoms with Gasteiger partial charge >= 0.3 is 0 Å². The Kier molecular flexibility index (Phi) is 4.63. The van der Waals surface area contributed by atoms with Gasteiger partial charge in [0.2, 0.25) is 0 Å². The first-order chi connectivity index (χ1) is 8.66. The van der Waals surface area contributed by atoms with E-state index < -0.39 is 12.5 Å². The molecule has 1 atom stereocenters. The molecule has 0 amide bonds. The summed E-state index contributed by atoms with van der Waals surface area (Å²) in [4.78, 5) is 2.25. The molecule has 0 aromatic heterocycles. The Morgan fingerprint density at radius 3 is 2.33 bits per heavy atom. The van der Waals surface area contributed by atoms with Gasteiger partial charge in [-0.3, -0.25) is 4.90 Å². The van der Waals surface area contributed by atoms with Crippen molar-refractivity contribution in [1.82, 2.24) is 4.90 Å². The van der Waals surface area contributed by atoms with E-state index in [1.807, 2.05) is 0 Å². The Hall–Kier alpha value is -1.04.